The maximum Gasteiger partial charge on any atom is 0.197 e. The molecule has 0 radical (unpaired) electrons. The third kappa shape index (κ3) is 2.15. The minimum Gasteiger partial charge on any atom is -0.448 e. The van der Waals surface area contributed by atoms with Crippen LogP contribution in [0.5, 0.6) is 0 Å². The average Bonchev–Trinajstić information content (AvgIpc) is 2.53. The Labute approximate surface area is 84.7 Å². The molecule has 0 saturated heterocycles. The van der Waals surface area contributed by atoms with E-state index in [0.29, 0.717) is 12.5 Å². The second kappa shape index (κ2) is 4.60. The molecule has 3 nitrogen and oxygen atoms in total. The first-order valence-corrected chi connectivity index (χ1v) is 5.54. The SMILES string of the molecule is NCc1coc(C2CCCCCC2)n1. The van der Waals surface area contributed by atoms with Crippen LogP contribution < -0.4 is 5.73 Å². The van der Waals surface area contributed by atoms with Gasteiger partial charge in [-0.1, -0.05) is 25.7 Å². The van der Waals surface area contributed by atoms with Crippen LogP contribution in [-0.2, 0) is 6.54 Å². The second-order valence-electron chi connectivity index (χ2n) is 4.07. The van der Waals surface area contributed by atoms with E-state index in [9.17, 15) is 0 Å². The Bertz CT molecular complexity index is 275. The molecular formula is C11H18N2O. The molecule has 0 aromatic carbocycles. The van der Waals surface area contributed by atoms with Gasteiger partial charge in [0.15, 0.2) is 5.89 Å². The summed E-state index contributed by atoms with van der Waals surface area (Å²) in [5.41, 5.74) is 6.38. The Hall–Kier alpha value is -0.830. The highest BCUT2D eigenvalue weighted by Gasteiger charge is 2.18. The Morgan fingerprint density at radius 1 is 1.29 bits per heavy atom. The normalized spacial score (nSPS) is 19.5. The van der Waals surface area contributed by atoms with Crippen molar-refractivity contribution < 1.29 is 4.42 Å². The van der Waals surface area contributed by atoms with E-state index in [4.69, 9.17) is 10.2 Å². The summed E-state index contributed by atoms with van der Waals surface area (Å²) in [6, 6.07) is 0. The highest BCUT2D eigenvalue weighted by molar-refractivity contribution is 5.00. The van der Waals surface area contributed by atoms with Crippen molar-refractivity contribution in [2.75, 3.05) is 0 Å². The molecule has 1 aliphatic carbocycles. The minimum atomic E-state index is 0.482. The number of aromatic nitrogens is 1. The number of oxazole rings is 1. The molecular weight excluding hydrogens is 176 g/mol. The van der Waals surface area contributed by atoms with Gasteiger partial charge in [-0.25, -0.2) is 4.98 Å². The standard InChI is InChI=1S/C11H18N2O/c12-7-10-8-14-11(13-10)9-5-3-1-2-4-6-9/h8-9H,1-7,12H2. The van der Waals surface area contributed by atoms with Gasteiger partial charge in [0.05, 0.1) is 5.69 Å². The van der Waals surface area contributed by atoms with Crippen molar-refractivity contribution in [3.8, 4) is 0 Å². The average molecular weight is 194 g/mol. The summed E-state index contributed by atoms with van der Waals surface area (Å²) < 4.78 is 5.46. The lowest BCUT2D eigenvalue weighted by Crippen LogP contribution is -2.00. The monoisotopic (exact) mass is 194 g/mol. The van der Waals surface area contributed by atoms with Crippen molar-refractivity contribution in [2.45, 2.75) is 51.0 Å². The van der Waals surface area contributed by atoms with Gasteiger partial charge in [-0.3, -0.25) is 0 Å². The van der Waals surface area contributed by atoms with Gasteiger partial charge in [0.1, 0.15) is 6.26 Å². The van der Waals surface area contributed by atoms with Gasteiger partial charge >= 0.3 is 0 Å². The third-order valence-corrected chi connectivity index (χ3v) is 2.98. The Morgan fingerprint density at radius 3 is 2.57 bits per heavy atom. The maximum atomic E-state index is 5.50. The fraction of sp³-hybridized carbons (Fsp3) is 0.727. The van der Waals surface area contributed by atoms with Crippen molar-refractivity contribution in [3.05, 3.63) is 17.8 Å². The maximum absolute atomic E-state index is 5.50. The van der Waals surface area contributed by atoms with E-state index in [1.165, 1.54) is 38.5 Å². The zero-order chi connectivity index (χ0) is 9.80. The number of hydrogen-bond acceptors (Lipinski definition) is 3. The number of nitrogens with zero attached hydrogens (tertiary/aromatic N) is 1. The Kier molecular flexibility index (Phi) is 3.19. The predicted octanol–water partition coefficient (Wildman–Crippen LogP) is 2.57. The van der Waals surface area contributed by atoms with Crippen LogP contribution in [0.25, 0.3) is 0 Å². The highest BCUT2D eigenvalue weighted by Crippen LogP contribution is 2.30. The van der Waals surface area contributed by atoms with E-state index < -0.39 is 0 Å². The molecule has 1 fully saturated rings. The molecule has 78 valence electrons. The van der Waals surface area contributed by atoms with Gasteiger partial charge in [0.25, 0.3) is 0 Å². The molecule has 14 heavy (non-hydrogen) atoms. The molecule has 1 aliphatic rings. The van der Waals surface area contributed by atoms with Crippen molar-refractivity contribution in [3.63, 3.8) is 0 Å². The van der Waals surface area contributed by atoms with Crippen molar-refractivity contribution >= 4 is 0 Å². The van der Waals surface area contributed by atoms with Gasteiger partial charge in [0.2, 0.25) is 0 Å². The van der Waals surface area contributed by atoms with E-state index in [2.05, 4.69) is 4.98 Å². The zero-order valence-electron chi connectivity index (χ0n) is 8.54. The molecule has 0 unspecified atom stereocenters. The summed E-state index contributed by atoms with van der Waals surface area (Å²) in [5.74, 6) is 1.45. The first kappa shape index (κ1) is 9.71. The second-order valence-corrected chi connectivity index (χ2v) is 4.07. The van der Waals surface area contributed by atoms with E-state index in [0.717, 1.165) is 11.6 Å². The fourth-order valence-electron chi connectivity index (χ4n) is 2.13. The topological polar surface area (TPSA) is 52.0 Å². The van der Waals surface area contributed by atoms with Gasteiger partial charge in [-0.15, -0.1) is 0 Å². The lowest BCUT2D eigenvalue weighted by atomic mass is 10.0. The van der Waals surface area contributed by atoms with Crippen LogP contribution in [0.4, 0.5) is 0 Å². The lowest BCUT2D eigenvalue weighted by Gasteiger charge is -2.08. The van der Waals surface area contributed by atoms with Gasteiger partial charge < -0.3 is 10.2 Å². The van der Waals surface area contributed by atoms with E-state index >= 15 is 0 Å². The lowest BCUT2D eigenvalue weighted by molar-refractivity contribution is 0.419. The van der Waals surface area contributed by atoms with Crippen LogP contribution in [0, 0.1) is 0 Å². The molecule has 1 heterocycles. The van der Waals surface area contributed by atoms with Crippen molar-refractivity contribution in [1.29, 1.82) is 0 Å². The summed E-state index contributed by atoms with van der Waals surface area (Å²) in [6.45, 7) is 0.482. The van der Waals surface area contributed by atoms with Gasteiger partial charge in [-0.05, 0) is 12.8 Å². The molecule has 3 heteroatoms. The largest absolute Gasteiger partial charge is 0.448 e. The van der Waals surface area contributed by atoms with E-state index in [1.54, 1.807) is 6.26 Å². The molecule has 1 saturated carbocycles. The molecule has 1 aromatic heterocycles. The summed E-state index contributed by atoms with van der Waals surface area (Å²) in [5, 5.41) is 0. The molecule has 0 atom stereocenters. The van der Waals surface area contributed by atoms with E-state index in [1.807, 2.05) is 0 Å². The van der Waals surface area contributed by atoms with Gasteiger partial charge in [-0.2, -0.15) is 0 Å². The fourth-order valence-corrected chi connectivity index (χ4v) is 2.13. The Morgan fingerprint density at radius 2 is 2.00 bits per heavy atom. The molecule has 0 aliphatic heterocycles. The number of hydrogen-bond donors (Lipinski definition) is 1. The summed E-state index contributed by atoms with van der Waals surface area (Å²) >= 11 is 0. The number of rotatable bonds is 2. The van der Waals surface area contributed by atoms with Crippen LogP contribution in [-0.4, -0.2) is 4.98 Å². The first-order chi connectivity index (χ1) is 6.90. The molecule has 2 rings (SSSR count). The minimum absolute atomic E-state index is 0.482. The van der Waals surface area contributed by atoms with Crippen LogP contribution in [0.15, 0.2) is 10.7 Å². The molecule has 0 bridgehead atoms. The Balaban J connectivity index is 2.04. The number of nitrogens with two attached hydrogens (primary N) is 1. The summed E-state index contributed by atoms with van der Waals surface area (Å²) in [6.07, 6.45) is 9.49. The first-order valence-electron chi connectivity index (χ1n) is 5.54. The highest BCUT2D eigenvalue weighted by atomic mass is 16.3. The van der Waals surface area contributed by atoms with Gasteiger partial charge in [0, 0.05) is 12.5 Å². The van der Waals surface area contributed by atoms with Crippen LogP contribution in [0.3, 0.4) is 0 Å². The van der Waals surface area contributed by atoms with E-state index in [-0.39, 0.29) is 0 Å². The van der Waals surface area contributed by atoms with Crippen LogP contribution in [0.1, 0.15) is 56.0 Å². The van der Waals surface area contributed by atoms with Crippen LogP contribution >= 0.6 is 0 Å². The van der Waals surface area contributed by atoms with Crippen molar-refractivity contribution in [2.24, 2.45) is 5.73 Å². The summed E-state index contributed by atoms with van der Waals surface area (Å²) in [4.78, 5) is 4.40. The molecule has 0 spiro atoms. The third-order valence-electron chi connectivity index (χ3n) is 2.98. The smallest absolute Gasteiger partial charge is 0.197 e. The predicted molar refractivity (Wildman–Crippen MR) is 54.8 cm³/mol. The zero-order valence-corrected chi connectivity index (χ0v) is 8.54. The van der Waals surface area contributed by atoms with Crippen molar-refractivity contribution in [1.82, 2.24) is 4.98 Å². The molecule has 0 amide bonds. The molecule has 2 N–H and O–H groups in total. The molecule has 1 aromatic rings. The van der Waals surface area contributed by atoms with Crippen LogP contribution in [0.2, 0.25) is 0 Å². The summed E-state index contributed by atoms with van der Waals surface area (Å²) in [7, 11) is 0. The quantitative estimate of drug-likeness (QED) is 0.736.